The van der Waals surface area contributed by atoms with Gasteiger partial charge in [0.1, 0.15) is 5.82 Å². The van der Waals surface area contributed by atoms with Gasteiger partial charge in [0.2, 0.25) is 11.8 Å². The molecule has 0 radical (unpaired) electrons. The van der Waals surface area contributed by atoms with Crippen molar-refractivity contribution in [3.05, 3.63) is 35.7 Å². The summed E-state index contributed by atoms with van der Waals surface area (Å²) in [4.78, 5) is 22.8. The van der Waals surface area contributed by atoms with Crippen molar-refractivity contribution in [2.45, 2.75) is 17.8 Å². The second kappa shape index (κ2) is 7.55. The Balaban J connectivity index is 2.02. The molecule has 0 spiro atoms. The van der Waals surface area contributed by atoms with Crippen molar-refractivity contribution >= 4 is 29.3 Å². The number of amides is 2. The van der Waals surface area contributed by atoms with E-state index in [-0.39, 0.29) is 17.9 Å². The van der Waals surface area contributed by atoms with Gasteiger partial charge in [-0.1, -0.05) is 17.8 Å². The Hall–Kier alpha value is -2.56. The lowest BCUT2D eigenvalue weighted by molar-refractivity contribution is -0.137. The molecule has 0 saturated carbocycles. The van der Waals surface area contributed by atoms with Gasteiger partial charge in [-0.05, 0) is 18.2 Å². The van der Waals surface area contributed by atoms with Crippen LogP contribution in [0.4, 0.5) is 18.9 Å². The van der Waals surface area contributed by atoms with Gasteiger partial charge >= 0.3 is 6.18 Å². The maximum Gasteiger partial charge on any atom is 0.416 e. The molecule has 0 fully saturated rings. The van der Waals surface area contributed by atoms with E-state index in [2.05, 4.69) is 15.5 Å². The highest BCUT2D eigenvalue weighted by atomic mass is 32.2. The average molecular weight is 373 g/mol. The molecule has 0 saturated heterocycles. The van der Waals surface area contributed by atoms with Crippen LogP contribution in [0, 0.1) is 0 Å². The number of nitrogens with two attached hydrogens (primary N) is 1. The molecular formula is C14H14F3N5O2S. The number of nitrogens with zero attached hydrogens (tertiary/aromatic N) is 3. The molecule has 3 N–H and O–H groups in total. The largest absolute Gasteiger partial charge is 0.416 e. The zero-order chi connectivity index (χ0) is 18.6. The molecule has 0 aliphatic heterocycles. The number of rotatable bonds is 6. The molecule has 0 bridgehead atoms. The third kappa shape index (κ3) is 5.21. The Kier molecular flexibility index (Phi) is 5.67. The third-order valence-corrected chi connectivity index (χ3v) is 4.10. The van der Waals surface area contributed by atoms with Crippen molar-refractivity contribution in [1.82, 2.24) is 14.8 Å². The summed E-state index contributed by atoms with van der Waals surface area (Å²) in [5.41, 5.74) is 4.23. The summed E-state index contributed by atoms with van der Waals surface area (Å²) in [5.74, 6) is -0.739. The zero-order valence-corrected chi connectivity index (χ0v) is 13.8. The number of nitrogens with one attached hydrogen (secondary N) is 1. The number of aromatic nitrogens is 3. The summed E-state index contributed by atoms with van der Waals surface area (Å²) in [6.07, 6.45) is -4.67. The maximum atomic E-state index is 12.7. The number of hydrogen-bond acceptors (Lipinski definition) is 5. The van der Waals surface area contributed by atoms with Gasteiger partial charge in [-0.2, -0.15) is 13.2 Å². The smallest absolute Gasteiger partial charge is 0.369 e. The van der Waals surface area contributed by atoms with E-state index in [4.69, 9.17) is 5.73 Å². The summed E-state index contributed by atoms with van der Waals surface area (Å²) in [6, 6.07) is 4.33. The predicted molar refractivity (Wildman–Crippen MR) is 84.7 cm³/mol. The zero-order valence-electron chi connectivity index (χ0n) is 13.0. The number of primary amides is 1. The van der Waals surface area contributed by atoms with Crippen LogP contribution in [0.25, 0.3) is 0 Å². The van der Waals surface area contributed by atoms with Gasteiger partial charge in [-0.15, -0.1) is 10.2 Å². The first-order valence-electron chi connectivity index (χ1n) is 6.93. The molecular weight excluding hydrogens is 359 g/mol. The van der Waals surface area contributed by atoms with Gasteiger partial charge in [-0.25, -0.2) is 0 Å². The van der Waals surface area contributed by atoms with Crippen molar-refractivity contribution in [1.29, 1.82) is 0 Å². The molecule has 2 rings (SSSR count). The molecule has 7 nitrogen and oxygen atoms in total. The minimum Gasteiger partial charge on any atom is -0.369 e. The fourth-order valence-electron chi connectivity index (χ4n) is 1.88. The molecule has 1 aromatic carbocycles. The van der Waals surface area contributed by atoms with Crippen molar-refractivity contribution < 1.29 is 22.8 Å². The van der Waals surface area contributed by atoms with E-state index in [0.29, 0.717) is 11.0 Å². The van der Waals surface area contributed by atoms with Crippen LogP contribution in [0.3, 0.4) is 0 Å². The van der Waals surface area contributed by atoms with E-state index in [0.717, 1.165) is 23.9 Å². The molecule has 2 amide bonds. The van der Waals surface area contributed by atoms with Gasteiger partial charge in [0.25, 0.3) is 0 Å². The molecule has 0 aliphatic carbocycles. The Morgan fingerprint density at radius 3 is 2.68 bits per heavy atom. The SMILES string of the molecule is Cn1c(CC(=O)Nc2cccc(C(F)(F)F)c2)nnc1SCC(N)=O. The Morgan fingerprint density at radius 2 is 2.04 bits per heavy atom. The first-order chi connectivity index (χ1) is 11.7. The Bertz CT molecular complexity index is 791. The highest BCUT2D eigenvalue weighted by molar-refractivity contribution is 7.99. The van der Waals surface area contributed by atoms with Crippen LogP contribution in [0.2, 0.25) is 0 Å². The minimum atomic E-state index is -4.49. The first-order valence-corrected chi connectivity index (χ1v) is 7.92. The summed E-state index contributed by atoms with van der Waals surface area (Å²) < 4.78 is 39.5. The van der Waals surface area contributed by atoms with Crippen LogP contribution >= 0.6 is 11.8 Å². The summed E-state index contributed by atoms with van der Waals surface area (Å²) in [6.45, 7) is 0. The predicted octanol–water partition coefficient (Wildman–Crippen LogP) is 1.59. The van der Waals surface area contributed by atoms with Gasteiger partial charge in [0, 0.05) is 12.7 Å². The van der Waals surface area contributed by atoms with E-state index >= 15 is 0 Å². The van der Waals surface area contributed by atoms with Crippen molar-refractivity contribution in [3.63, 3.8) is 0 Å². The molecule has 1 aromatic heterocycles. The van der Waals surface area contributed by atoms with Crippen LogP contribution in [0.15, 0.2) is 29.4 Å². The van der Waals surface area contributed by atoms with E-state index in [1.54, 1.807) is 7.05 Å². The molecule has 0 unspecified atom stereocenters. The fraction of sp³-hybridized carbons (Fsp3) is 0.286. The number of carbonyl (C=O) groups is 2. The average Bonchev–Trinajstić information content (AvgIpc) is 2.85. The lowest BCUT2D eigenvalue weighted by Crippen LogP contribution is -2.18. The molecule has 1 heterocycles. The number of halogens is 3. The lowest BCUT2D eigenvalue weighted by atomic mass is 10.2. The van der Waals surface area contributed by atoms with Gasteiger partial charge < -0.3 is 15.6 Å². The van der Waals surface area contributed by atoms with Gasteiger partial charge in [-0.3, -0.25) is 9.59 Å². The van der Waals surface area contributed by atoms with Crippen molar-refractivity contribution in [2.75, 3.05) is 11.1 Å². The summed E-state index contributed by atoms with van der Waals surface area (Å²) >= 11 is 1.07. The Morgan fingerprint density at radius 1 is 1.32 bits per heavy atom. The van der Waals surface area contributed by atoms with Crippen LogP contribution in [0.1, 0.15) is 11.4 Å². The van der Waals surface area contributed by atoms with E-state index in [1.807, 2.05) is 0 Å². The number of benzene rings is 1. The number of thioether (sulfide) groups is 1. The topological polar surface area (TPSA) is 103 Å². The number of alkyl halides is 3. The summed E-state index contributed by atoms with van der Waals surface area (Å²) in [7, 11) is 1.61. The van der Waals surface area contributed by atoms with E-state index in [9.17, 15) is 22.8 Å². The highest BCUT2D eigenvalue weighted by Crippen LogP contribution is 2.30. The quantitative estimate of drug-likeness (QED) is 0.749. The standard InChI is InChI=1S/C14H14F3N5O2S/c1-22-11(20-21-13(22)25-7-10(18)23)6-12(24)19-9-4-2-3-8(5-9)14(15,16)17/h2-5H,6-7H2,1H3,(H2,18,23)(H,19,24). The molecule has 25 heavy (non-hydrogen) atoms. The van der Waals surface area contributed by atoms with Crippen LogP contribution in [0.5, 0.6) is 0 Å². The van der Waals surface area contributed by atoms with Crippen molar-refractivity contribution in [3.8, 4) is 0 Å². The monoisotopic (exact) mass is 373 g/mol. The maximum absolute atomic E-state index is 12.7. The Labute approximate surface area is 144 Å². The fourth-order valence-corrected chi connectivity index (χ4v) is 2.55. The van der Waals surface area contributed by atoms with Gasteiger partial charge in [0.15, 0.2) is 5.16 Å². The first kappa shape index (κ1) is 18.8. The normalized spacial score (nSPS) is 11.4. The second-order valence-electron chi connectivity index (χ2n) is 5.02. The van der Waals surface area contributed by atoms with Gasteiger partial charge in [0.05, 0.1) is 17.7 Å². The molecule has 0 atom stereocenters. The molecule has 2 aromatic rings. The molecule has 134 valence electrons. The van der Waals surface area contributed by atoms with E-state index in [1.165, 1.54) is 16.7 Å². The highest BCUT2D eigenvalue weighted by Gasteiger charge is 2.30. The number of hydrogen-bond donors (Lipinski definition) is 2. The third-order valence-electron chi connectivity index (χ3n) is 3.06. The molecule has 11 heteroatoms. The minimum absolute atomic E-state index is 0.0163. The lowest BCUT2D eigenvalue weighted by Gasteiger charge is -2.10. The van der Waals surface area contributed by atoms with Crippen LogP contribution in [-0.2, 0) is 29.2 Å². The second-order valence-corrected chi connectivity index (χ2v) is 5.96. The number of anilines is 1. The van der Waals surface area contributed by atoms with E-state index < -0.39 is 23.6 Å². The van der Waals surface area contributed by atoms with Crippen LogP contribution in [-0.4, -0.2) is 32.3 Å². The summed E-state index contributed by atoms with van der Waals surface area (Å²) in [5, 5.41) is 10.5. The number of carbonyl (C=O) groups excluding carboxylic acids is 2. The molecule has 0 aliphatic rings. The van der Waals surface area contributed by atoms with Crippen LogP contribution < -0.4 is 11.1 Å². The van der Waals surface area contributed by atoms with Crippen molar-refractivity contribution in [2.24, 2.45) is 12.8 Å².